The van der Waals surface area contributed by atoms with Crippen LogP contribution in [0.4, 0.5) is 0 Å². The lowest BCUT2D eigenvalue weighted by molar-refractivity contribution is 0.174. The second-order valence-electron chi connectivity index (χ2n) is 13.5. The highest BCUT2D eigenvalue weighted by molar-refractivity contribution is 5.59. The number of benzene rings is 4. The van der Waals surface area contributed by atoms with E-state index in [1.165, 1.54) is 0 Å². The maximum absolute atomic E-state index is 11.2. The van der Waals surface area contributed by atoms with Crippen LogP contribution in [0, 0.1) is 0 Å². The quantitative estimate of drug-likeness (QED) is 0.0828. The highest BCUT2D eigenvalue weighted by Crippen LogP contribution is 2.47. The van der Waals surface area contributed by atoms with Gasteiger partial charge in [-0.05, 0) is 77.1 Å². The first kappa shape index (κ1) is 40.8. The van der Waals surface area contributed by atoms with Crippen molar-refractivity contribution in [1.29, 1.82) is 0 Å². The maximum atomic E-state index is 11.2. The molecule has 0 aliphatic rings. The third-order valence-electron chi connectivity index (χ3n) is 10.5. The van der Waals surface area contributed by atoms with Gasteiger partial charge in [-0.2, -0.15) is 0 Å². The van der Waals surface area contributed by atoms with Crippen molar-refractivity contribution >= 4 is 0 Å². The first-order chi connectivity index (χ1) is 25.0. The molecule has 52 heavy (non-hydrogen) atoms. The molecule has 9 nitrogen and oxygen atoms in total. The van der Waals surface area contributed by atoms with Crippen LogP contribution in [0.25, 0.3) is 0 Å². The molecule has 4 rings (SSSR count). The highest BCUT2D eigenvalue weighted by atomic mass is 16.5. The summed E-state index contributed by atoms with van der Waals surface area (Å²) in [7, 11) is 9.67. The van der Waals surface area contributed by atoms with Crippen molar-refractivity contribution in [2.75, 3.05) is 42.7 Å². The number of phenolic OH excluding ortho intramolecular Hbond substituents is 3. The molecule has 4 aromatic carbocycles. The van der Waals surface area contributed by atoms with E-state index in [0.29, 0.717) is 39.8 Å². The summed E-state index contributed by atoms with van der Waals surface area (Å²) in [5.41, 5.74) is 7.97. The summed E-state index contributed by atoms with van der Waals surface area (Å²) in [5.74, 6) is 0.483. The minimum atomic E-state index is -0.742. The molecule has 0 fully saturated rings. The Bertz CT molecular complexity index is 1640. The van der Waals surface area contributed by atoms with Gasteiger partial charge in [-0.15, -0.1) is 0 Å². The monoisotopic (exact) mass is 716 g/mol. The van der Waals surface area contributed by atoms with Gasteiger partial charge >= 0.3 is 0 Å². The van der Waals surface area contributed by atoms with Crippen molar-refractivity contribution in [2.24, 2.45) is 0 Å². The molecule has 3 N–H and O–H groups in total. The minimum absolute atomic E-state index is 0.145. The van der Waals surface area contributed by atoms with Crippen molar-refractivity contribution in [3.8, 4) is 17.2 Å². The number of phenols is 3. The van der Waals surface area contributed by atoms with E-state index in [2.05, 4.69) is 45.0 Å². The number of aromatic hydroxyl groups is 3. The number of methoxy groups -OCH3 is 6. The average Bonchev–Trinajstić information content (AvgIpc) is 3.14. The first-order valence-electron chi connectivity index (χ1n) is 17.6. The van der Waals surface area contributed by atoms with Crippen LogP contribution in [-0.4, -0.2) is 58.0 Å². The van der Waals surface area contributed by atoms with Gasteiger partial charge in [-0.3, -0.25) is 0 Å². The molecule has 1 unspecified atom stereocenters. The van der Waals surface area contributed by atoms with Crippen LogP contribution < -0.4 is 0 Å². The van der Waals surface area contributed by atoms with Gasteiger partial charge in [0, 0.05) is 86.9 Å². The fourth-order valence-electron chi connectivity index (χ4n) is 7.49. The van der Waals surface area contributed by atoms with Crippen LogP contribution in [-0.2, 0) is 78.9 Å². The molecule has 282 valence electrons. The Balaban J connectivity index is 2.04. The van der Waals surface area contributed by atoms with Crippen molar-refractivity contribution in [3.05, 3.63) is 122 Å². The second kappa shape index (κ2) is 18.2. The molecule has 0 aliphatic heterocycles. The fraction of sp³-hybridized carbons (Fsp3) is 0.442. The van der Waals surface area contributed by atoms with E-state index in [-0.39, 0.29) is 56.9 Å². The van der Waals surface area contributed by atoms with E-state index in [0.717, 1.165) is 34.2 Å². The topological polar surface area (TPSA) is 116 Å². The lowest BCUT2D eigenvalue weighted by atomic mass is 9.65. The van der Waals surface area contributed by atoms with E-state index >= 15 is 0 Å². The molecule has 0 heterocycles. The Labute approximate surface area is 309 Å². The molecule has 0 aliphatic carbocycles. The number of ether oxygens (including phenoxy) is 6. The maximum Gasteiger partial charge on any atom is 0.126 e. The molecule has 1 atom stereocenters. The summed E-state index contributed by atoms with van der Waals surface area (Å²) in [6.07, 6.45) is 1.44. The molecule has 0 bridgehead atoms. The van der Waals surface area contributed by atoms with Crippen LogP contribution in [0.5, 0.6) is 17.2 Å². The third-order valence-corrected chi connectivity index (χ3v) is 10.5. The molecular formula is C43H56O9. The van der Waals surface area contributed by atoms with E-state index < -0.39 is 10.8 Å². The number of hydrogen-bond acceptors (Lipinski definition) is 9. The van der Waals surface area contributed by atoms with Gasteiger partial charge in [0.15, 0.2) is 0 Å². The summed E-state index contributed by atoms with van der Waals surface area (Å²) in [4.78, 5) is 0. The number of rotatable bonds is 19. The molecular weight excluding hydrogens is 660 g/mol. The largest absolute Gasteiger partial charge is 0.507 e. The number of hydrogen-bond donors (Lipinski definition) is 3. The van der Waals surface area contributed by atoms with Crippen molar-refractivity contribution < 1.29 is 43.7 Å². The average molecular weight is 717 g/mol. The summed E-state index contributed by atoms with van der Waals surface area (Å²) >= 11 is 0. The third kappa shape index (κ3) is 8.00. The van der Waals surface area contributed by atoms with Gasteiger partial charge in [0.2, 0.25) is 0 Å². The molecule has 0 amide bonds. The lowest BCUT2D eigenvalue weighted by Crippen LogP contribution is -2.30. The van der Waals surface area contributed by atoms with Crippen LogP contribution in [0.3, 0.4) is 0 Å². The smallest absolute Gasteiger partial charge is 0.126 e. The van der Waals surface area contributed by atoms with Crippen LogP contribution in [0.2, 0.25) is 0 Å². The zero-order valence-corrected chi connectivity index (χ0v) is 32.2. The Morgan fingerprint density at radius 3 is 0.923 bits per heavy atom. The fourth-order valence-corrected chi connectivity index (χ4v) is 7.49. The van der Waals surface area contributed by atoms with E-state index in [9.17, 15) is 15.3 Å². The highest BCUT2D eigenvalue weighted by Gasteiger charge is 2.38. The Morgan fingerprint density at radius 2 is 0.673 bits per heavy atom. The standard InChI is InChI=1S/C43H56O9/c1-10-42(3,36-16-28(22-47-4)39(44)29(17-36)23-48-5)34-12-14-35(15-13-34)43(11-2,37-18-30(24-49-6)40(45)31(19-37)25-50-7)38-20-32(26-51-8)41(46)33(21-38)27-52-9/h12-21,44-46H,10-11,22-27H2,1-9H3. The summed E-state index contributed by atoms with van der Waals surface area (Å²) in [6.45, 7) is 7.94. The van der Waals surface area contributed by atoms with Gasteiger partial charge in [-0.25, -0.2) is 0 Å². The van der Waals surface area contributed by atoms with Crippen molar-refractivity contribution in [3.63, 3.8) is 0 Å². The SMILES string of the molecule is CCC(C)(c1ccc(C(CC)(c2cc(COC)c(O)c(COC)c2)c2cc(COC)c(O)c(COC)c2)cc1)c1cc(COC)c(O)c(COC)c1. The predicted octanol–water partition coefficient (Wildman–Crippen LogP) is 8.14. The normalized spacial score (nSPS) is 13.0. The van der Waals surface area contributed by atoms with Crippen molar-refractivity contribution in [1.82, 2.24) is 0 Å². The van der Waals surface area contributed by atoms with Gasteiger partial charge in [0.05, 0.1) is 39.6 Å². The summed E-state index contributed by atoms with van der Waals surface area (Å²) in [5, 5.41) is 33.5. The first-order valence-corrected chi connectivity index (χ1v) is 17.6. The molecule has 4 aromatic rings. The van der Waals surface area contributed by atoms with Gasteiger partial charge in [-0.1, -0.05) is 45.0 Å². The molecule has 0 radical (unpaired) electrons. The summed E-state index contributed by atoms with van der Waals surface area (Å²) in [6, 6.07) is 20.8. The van der Waals surface area contributed by atoms with Gasteiger partial charge in [0.1, 0.15) is 17.2 Å². The van der Waals surface area contributed by atoms with Crippen molar-refractivity contribution in [2.45, 2.75) is 84.1 Å². The Morgan fingerprint density at radius 1 is 0.404 bits per heavy atom. The van der Waals surface area contributed by atoms with Crippen LogP contribution in [0.15, 0.2) is 60.7 Å². The van der Waals surface area contributed by atoms with E-state index in [1.807, 2.05) is 36.4 Å². The summed E-state index contributed by atoms with van der Waals surface area (Å²) < 4.78 is 33.0. The molecule has 0 aromatic heterocycles. The van der Waals surface area contributed by atoms with E-state index in [4.69, 9.17) is 28.4 Å². The minimum Gasteiger partial charge on any atom is -0.507 e. The molecule has 0 saturated carbocycles. The molecule has 9 heteroatoms. The Hall–Kier alpha value is -3.96. The Kier molecular flexibility index (Phi) is 14.3. The molecule has 0 saturated heterocycles. The second-order valence-corrected chi connectivity index (χ2v) is 13.5. The van der Waals surface area contributed by atoms with Gasteiger partial charge in [0.25, 0.3) is 0 Å². The van der Waals surface area contributed by atoms with Crippen LogP contribution >= 0.6 is 0 Å². The van der Waals surface area contributed by atoms with E-state index in [1.54, 1.807) is 42.7 Å². The zero-order chi connectivity index (χ0) is 38.1. The van der Waals surface area contributed by atoms with Crippen LogP contribution in [0.1, 0.15) is 94.8 Å². The lowest BCUT2D eigenvalue weighted by Gasteiger charge is -2.38. The zero-order valence-electron chi connectivity index (χ0n) is 32.2. The van der Waals surface area contributed by atoms with Gasteiger partial charge < -0.3 is 43.7 Å². The molecule has 0 spiro atoms. The predicted molar refractivity (Wildman–Crippen MR) is 202 cm³/mol.